The van der Waals surface area contributed by atoms with Gasteiger partial charge in [0.1, 0.15) is 0 Å². The summed E-state index contributed by atoms with van der Waals surface area (Å²) in [6.45, 7) is 2.88. The molecule has 1 N–H and O–H groups in total. The van der Waals surface area contributed by atoms with Gasteiger partial charge in [0.2, 0.25) is 0 Å². The second-order valence-electron chi connectivity index (χ2n) is 3.50. The van der Waals surface area contributed by atoms with Gasteiger partial charge < -0.3 is 10.1 Å². The largest absolute Gasteiger partial charge is 0.469 e. The third-order valence-corrected chi connectivity index (χ3v) is 3.67. The number of halogens is 1. The van der Waals surface area contributed by atoms with Gasteiger partial charge in [-0.15, -0.1) is 11.3 Å². The number of carbonyl (C=O) groups is 1. The van der Waals surface area contributed by atoms with Crippen molar-refractivity contribution < 1.29 is 9.53 Å². The summed E-state index contributed by atoms with van der Waals surface area (Å²) in [5, 5.41) is 3.34. The number of hydrogen-bond acceptors (Lipinski definition) is 4. The normalized spacial score (nSPS) is 12.4. The maximum atomic E-state index is 10.9. The molecule has 0 aromatic carbocycles. The Hall–Kier alpha value is -0.580. The number of hydrogen-bond donors (Lipinski definition) is 1. The highest BCUT2D eigenvalue weighted by Crippen LogP contribution is 2.26. The van der Waals surface area contributed by atoms with E-state index < -0.39 is 0 Å². The van der Waals surface area contributed by atoms with Crippen LogP contribution in [0.5, 0.6) is 0 Å². The molecule has 1 aromatic rings. The van der Waals surface area contributed by atoms with Crippen LogP contribution < -0.4 is 5.32 Å². The summed E-state index contributed by atoms with van der Waals surface area (Å²) in [6, 6.07) is 4.19. The maximum Gasteiger partial charge on any atom is 0.305 e. The zero-order chi connectivity index (χ0) is 12.0. The van der Waals surface area contributed by atoms with Crippen LogP contribution in [0.25, 0.3) is 0 Å². The van der Waals surface area contributed by atoms with Crippen molar-refractivity contribution in [2.75, 3.05) is 13.7 Å². The lowest BCUT2D eigenvalue weighted by atomic mass is 10.2. The Morgan fingerprint density at radius 1 is 1.62 bits per heavy atom. The number of esters is 1. The van der Waals surface area contributed by atoms with Crippen LogP contribution in [-0.2, 0) is 9.53 Å². The SMILES string of the molecule is COC(=O)CCCNC(C)c1ccc(Cl)s1. The zero-order valence-electron chi connectivity index (χ0n) is 9.46. The zero-order valence-corrected chi connectivity index (χ0v) is 11.0. The van der Waals surface area contributed by atoms with Gasteiger partial charge in [-0.1, -0.05) is 11.6 Å². The van der Waals surface area contributed by atoms with E-state index in [-0.39, 0.29) is 12.0 Å². The van der Waals surface area contributed by atoms with Crippen LogP contribution in [0.1, 0.15) is 30.7 Å². The summed E-state index contributed by atoms with van der Waals surface area (Å²) in [5.41, 5.74) is 0. The summed E-state index contributed by atoms with van der Waals surface area (Å²) >= 11 is 7.43. The van der Waals surface area contributed by atoms with Gasteiger partial charge in [-0.05, 0) is 32.0 Å². The first kappa shape index (κ1) is 13.5. The highest BCUT2D eigenvalue weighted by Gasteiger charge is 2.07. The van der Waals surface area contributed by atoms with Crippen LogP contribution in [0.4, 0.5) is 0 Å². The van der Waals surface area contributed by atoms with Crippen molar-refractivity contribution in [1.29, 1.82) is 0 Å². The van der Waals surface area contributed by atoms with Crippen molar-refractivity contribution in [2.24, 2.45) is 0 Å². The first-order valence-corrected chi connectivity index (χ1v) is 6.38. The molecule has 0 aliphatic carbocycles. The van der Waals surface area contributed by atoms with Crippen LogP contribution in [0.15, 0.2) is 12.1 Å². The van der Waals surface area contributed by atoms with Gasteiger partial charge in [-0.2, -0.15) is 0 Å². The second kappa shape index (κ2) is 6.89. The molecule has 16 heavy (non-hydrogen) atoms. The molecule has 1 heterocycles. The number of carbonyl (C=O) groups excluding carboxylic acids is 1. The van der Waals surface area contributed by atoms with Gasteiger partial charge in [0.15, 0.2) is 0 Å². The van der Waals surface area contributed by atoms with E-state index in [1.807, 2.05) is 12.1 Å². The second-order valence-corrected chi connectivity index (χ2v) is 5.24. The number of rotatable bonds is 6. The topological polar surface area (TPSA) is 38.3 Å². The minimum atomic E-state index is -0.159. The molecule has 1 atom stereocenters. The Labute approximate surface area is 105 Å². The molecule has 0 amide bonds. The van der Waals surface area contributed by atoms with Crippen molar-refractivity contribution in [3.8, 4) is 0 Å². The molecule has 1 unspecified atom stereocenters. The molecule has 0 saturated heterocycles. The molecule has 0 spiro atoms. The van der Waals surface area contributed by atoms with Gasteiger partial charge in [0.25, 0.3) is 0 Å². The average Bonchev–Trinajstić information content (AvgIpc) is 2.70. The maximum absolute atomic E-state index is 10.9. The fourth-order valence-electron chi connectivity index (χ4n) is 1.31. The number of nitrogens with one attached hydrogen (secondary N) is 1. The van der Waals surface area contributed by atoms with Crippen LogP contribution in [0.2, 0.25) is 4.34 Å². The lowest BCUT2D eigenvalue weighted by molar-refractivity contribution is -0.140. The molecular weight excluding hydrogens is 246 g/mol. The predicted octanol–water partition coefficient (Wildman–Crippen LogP) is 3.01. The number of ether oxygens (including phenoxy) is 1. The van der Waals surface area contributed by atoms with E-state index in [1.54, 1.807) is 11.3 Å². The van der Waals surface area contributed by atoms with Crippen molar-refractivity contribution >= 4 is 28.9 Å². The van der Waals surface area contributed by atoms with E-state index >= 15 is 0 Å². The Morgan fingerprint density at radius 3 is 2.94 bits per heavy atom. The molecule has 90 valence electrons. The molecule has 0 radical (unpaired) electrons. The minimum absolute atomic E-state index is 0.159. The standard InChI is InChI=1S/C11H16ClNO2S/c1-8(9-5-6-10(12)16-9)13-7-3-4-11(14)15-2/h5-6,8,13H,3-4,7H2,1-2H3. The minimum Gasteiger partial charge on any atom is -0.469 e. The van der Waals surface area contributed by atoms with E-state index in [0.29, 0.717) is 6.42 Å². The third kappa shape index (κ3) is 4.51. The predicted molar refractivity (Wildman–Crippen MR) is 67.0 cm³/mol. The van der Waals surface area contributed by atoms with Crippen molar-refractivity contribution in [1.82, 2.24) is 5.32 Å². The van der Waals surface area contributed by atoms with Crippen molar-refractivity contribution in [3.63, 3.8) is 0 Å². The molecular formula is C11H16ClNO2S. The van der Waals surface area contributed by atoms with Crippen molar-refractivity contribution in [2.45, 2.75) is 25.8 Å². The Kier molecular flexibility index (Phi) is 5.80. The molecule has 1 rings (SSSR count). The van der Waals surface area contributed by atoms with Crippen LogP contribution >= 0.6 is 22.9 Å². The highest BCUT2D eigenvalue weighted by molar-refractivity contribution is 7.16. The summed E-state index contributed by atoms with van der Waals surface area (Å²) in [4.78, 5) is 12.1. The third-order valence-electron chi connectivity index (χ3n) is 2.26. The molecule has 3 nitrogen and oxygen atoms in total. The van der Waals surface area contributed by atoms with Gasteiger partial charge in [-0.3, -0.25) is 4.79 Å². The molecule has 5 heteroatoms. The van der Waals surface area contributed by atoms with Crippen LogP contribution in [0.3, 0.4) is 0 Å². The van der Waals surface area contributed by atoms with Crippen LogP contribution in [0, 0.1) is 0 Å². The summed E-state index contributed by atoms with van der Waals surface area (Å²) < 4.78 is 5.37. The monoisotopic (exact) mass is 261 g/mol. The van der Waals surface area contributed by atoms with Crippen LogP contribution in [-0.4, -0.2) is 19.6 Å². The van der Waals surface area contributed by atoms with Gasteiger partial charge in [0, 0.05) is 17.3 Å². The van der Waals surface area contributed by atoms with E-state index in [0.717, 1.165) is 17.3 Å². The van der Waals surface area contributed by atoms with Gasteiger partial charge in [0.05, 0.1) is 11.4 Å². The first-order chi connectivity index (χ1) is 7.63. The molecule has 0 bridgehead atoms. The fourth-order valence-corrected chi connectivity index (χ4v) is 2.40. The van der Waals surface area contributed by atoms with E-state index in [2.05, 4.69) is 17.0 Å². The summed E-state index contributed by atoms with van der Waals surface area (Å²) in [5.74, 6) is -0.159. The summed E-state index contributed by atoms with van der Waals surface area (Å²) in [6.07, 6.45) is 1.25. The molecule has 0 aliphatic heterocycles. The van der Waals surface area contributed by atoms with Crippen molar-refractivity contribution in [3.05, 3.63) is 21.3 Å². The van der Waals surface area contributed by atoms with E-state index in [1.165, 1.54) is 12.0 Å². The average molecular weight is 262 g/mol. The lowest BCUT2D eigenvalue weighted by Gasteiger charge is -2.11. The molecule has 0 fully saturated rings. The summed E-state index contributed by atoms with van der Waals surface area (Å²) in [7, 11) is 1.41. The molecule has 1 aromatic heterocycles. The molecule has 0 saturated carbocycles. The first-order valence-electron chi connectivity index (χ1n) is 5.19. The van der Waals surface area contributed by atoms with Gasteiger partial charge >= 0.3 is 5.97 Å². The Balaban J connectivity index is 2.20. The lowest BCUT2D eigenvalue weighted by Crippen LogP contribution is -2.19. The fraction of sp³-hybridized carbons (Fsp3) is 0.545. The highest BCUT2D eigenvalue weighted by atomic mass is 35.5. The van der Waals surface area contributed by atoms with E-state index in [4.69, 9.17) is 11.6 Å². The Morgan fingerprint density at radius 2 is 2.38 bits per heavy atom. The van der Waals surface area contributed by atoms with E-state index in [9.17, 15) is 4.79 Å². The Bertz CT molecular complexity index is 340. The quantitative estimate of drug-likeness (QED) is 0.632. The number of thiophene rings is 1. The van der Waals surface area contributed by atoms with Gasteiger partial charge in [-0.25, -0.2) is 0 Å². The number of methoxy groups -OCH3 is 1. The smallest absolute Gasteiger partial charge is 0.305 e. The molecule has 0 aliphatic rings.